The van der Waals surface area contributed by atoms with Crippen LogP contribution in [0.25, 0.3) is 5.65 Å². The van der Waals surface area contributed by atoms with Gasteiger partial charge in [-0.1, -0.05) is 19.1 Å². The molecule has 0 atom stereocenters. The maximum atomic E-state index is 13.1. The molecule has 0 saturated heterocycles. The first-order valence-corrected chi connectivity index (χ1v) is 8.22. The van der Waals surface area contributed by atoms with Crippen LogP contribution < -0.4 is 4.74 Å². The summed E-state index contributed by atoms with van der Waals surface area (Å²) in [6.07, 6.45) is -2.22. The van der Waals surface area contributed by atoms with Crippen molar-refractivity contribution in [2.75, 3.05) is 7.11 Å². The number of ether oxygens (including phenoxy) is 2. The summed E-state index contributed by atoms with van der Waals surface area (Å²) in [5.74, 6) is -0.741. The van der Waals surface area contributed by atoms with Gasteiger partial charge in [0.25, 0.3) is 0 Å². The van der Waals surface area contributed by atoms with Crippen LogP contribution in [-0.4, -0.2) is 22.5 Å². The molecule has 0 saturated carbocycles. The van der Waals surface area contributed by atoms with Gasteiger partial charge in [-0.05, 0) is 30.7 Å². The first kappa shape index (κ1) is 18.8. The van der Waals surface area contributed by atoms with Crippen LogP contribution in [-0.2, 0) is 23.9 Å². The number of halogens is 3. The number of rotatable bonds is 5. The van der Waals surface area contributed by atoms with E-state index in [1.54, 1.807) is 22.7 Å². The van der Waals surface area contributed by atoms with Crippen molar-refractivity contribution in [1.29, 1.82) is 0 Å². The molecule has 3 rings (SSSR count). The number of hydrogen-bond donors (Lipinski definition) is 0. The summed E-state index contributed by atoms with van der Waals surface area (Å²) < 4.78 is 51.2. The van der Waals surface area contributed by atoms with Crippen molar-refractivity contribution in [3.63, 3.8) is 0 Å². The van der Waals surface area contributed by atoms with Gasteiger partial charge in [0.15, 0.2) is 0 Å². The highest BCUT2D eigenvalue weighted by Gasteiger charge is 2.34. The van der Waals surface area contributed by atoms with Crippen LogP contribution >= 0.6 is 0 Å². The molecule has 0 fully saturated rings. The van der Waals surface area contributed by atoms with E-state index in [-0.39, 0.29) is 12.4 Å². The first-order chi connectivity index (χ1) is 12.8. The molecule has 2 aromatic heterocycles. The van der Waals surface area contributed by atoms with Crippen LogP contribution in [0.4, 0.5) is 13.2 Å². The summed E-state index contributed by atoms with van der Waals surface area (Å²) in [4.78, 5) is 16.1. The molecule has 142 valence electrons. The van der Waals surface area contributed by atoms with Crippen molar-refractivity contribution in [3.8, 4) is 5.75 Å². The molecule has 0 amide bonds. The Bertz CT molecular complexity index is 980. The molecule has 0 aliphatic heterocycles. The molecule has 0 aliphatic rings. The fourth-order valence-corrected chi connectivity index (χ4v) is 2.85. The Morgan fingerprint density at radius 2 is 1.96 bits per heavy atom. The maximum Gasteiger partial charge on any atom is 0.419 e. The van der Waals surface area contributed by atoms with E-state index in [9.17, 15) is 18.0 Å². The quantitative estimate of drug-likeness (QED) is 0.622. The Morgan fingerprint density at radius 1 is 1.22 bits per heavy atom. The molecule has 0 aliphatic carbocycles. The Morgan fingerprint density at radius 3 is 2.63 bits per heavy atom. The van der Waals surface area contributed by atoms with E-state index in [0.29, 0.717) is 23.3 Å². The number of nitrogens with zero attached hydrogens (tertiary/aromatic N) is 2. The van der Waals surface area contributed by atoms with Crippen LogP contribution in [0, 0.1) is 0 Å². The minimum atomic E-state index is -4.50. The van der Waals surface area contributed by atoms with Crippen molar-refractivity contribution in [3.05, 3.63) is 65.1 Å². The van der Waals surface area contributed by atoms with E-state index >= 15 is 0 Å². The van der Waals surface area contributed by atoms with Gasteiger partial charge in [-0.2, -0.15) is 13.2 Å². The van der Waals surface area contributed by atoms with E-state index in [4.69, 9.17) is 9.47 Å². The van der Waals surface area contributed by atoms with Crippen LogP contribution in [0.3, 0.4) is 0 Å². The van der Waals surface area contributed by atoms with Gasteiger partial charge in [-0.25, -0.2) is 9.78 Å². The lowest BCUT2D eigenvalue weighted by atomic mass is 10.2. The van der Waals surface area contributed by atoms with Gasteiger partial charge in [0.2, 0.25) is 0 Å². The van der Waals surface area contributed by atoms with Gasteiger partial charge >= 0.3 is 12.1 Å². The van der Waals surface area contributed by atoms with E-state index in [2.05, 4.69) is 4.98 Å². The zero-order valence-electron chi connectivity index (χ0n) is 14.7. The number of esters is 1. The van der Waals surface area contributed by atoms with Gasteiger partial charge in [0, 0.05) is 11.9 Å². The third kappa shape index (κ3) is 3.74. The third-order valence-electron chi connectivity index (χ3n) is 4.12. The monoisotopic (exact) mass is 378 g/mol. The van der Waals surface area contributed by atoms with Crippen molar-refractivity contribution < 1.29 is 27.4 Å². The first-order valence-electron chi connectivity index (χ1n) is 8.22. The predicted octanol–water partition coefficient (Wildman–Crippen LogP) is 4.28. The summed E-state index contributed by atoms with van der Waals surface area (Å²) in [5, 5.41) is 0. The topological polar surface area (TPSA) is 52.8 Å². The third-order valence-corrected chi connectivity index (χ3v) is 4.12. The number of carbonyl (C=O) groups excluding carboxylic acids is 1. The number of aromatic nitrogens is 2. The Hall–Kier alpha value is -3.03. The van der Waals surface area contributed by atoms with Crippen molar-refractivity contribution in [2.24, 2.45) is 0 Å². The molecule has 8 heteroatoms. The second kappa shape index (κ2) is 7.30. The van der Waals surface area contributed by atoms with Gasteiger partial charge < -0.3 is 13.9 Å². The Labute approximate surface area is 153 Å². The lowest BCUT2D eigenvalue weighted by molar-refractivity contribution is -0.139. The van der Waals surface area contributed by atoms with Crippen LogP contribution in [0.15, 0.2) is 42.6 Å². The molecule has 0 N–H and O–H groups in total. The van der Waals surface area contributed by atoms with E-state index in [1.807, 2.05) is 6.92 Å². The molecule has 0 radical (unpaired) electrons. The number of imidazole rings is 1. The number of methoxy groups -OCH3 is 1. The molecule has 2 heterocycles. The highest BCUT2D eigenvalue weighted by Crippen LogP contribution is 2.36. The standard InChI is InChI=1S/C19H17F3N2O3/c1-3-15-14(11-27-16-7-5-4-6-13(16)19(20,21)22)23-17-10-12(18(25)26-2)8-9-24(15)17/h4-10H,3,11H2,1-2H3. The maximum absolute atomic E-state index is 13.1. The number of fused-ring (bicyclic) bond motifs is 1. The summed E-state index contributed by atoms with van der Waals surface area (Å²) in [6.45, 7) is 1.79. The number of hydrogen-bond acceptors (Lipinski definition) is 4. The van der Waals surface area contributed by atoms with Gasteiger partial charge in [-0.3, -0.25) is 0 Å². The second-order valence-corrected chi connectivity index (χ2v) is 5.78. The minimum absolute atomic E-state index is 0.120. The largest absolute Gasteiger partial charge is 0.487 e. The molecule has 3 aromatic rings. The summed E-state index contributed by atoms with van der Waals surface area (Å²) in [6, 6.07) is 8.22. The lowest BCUT2D eigenvalue weighted by Crippen LogP contribution is -2.09. The second-order valence-electron chi connectivity index (χ2n) is 5.78. The highest BCUT2D eigenvalue weighted by molar-refractivity contribution is 5.90. The van der Waals surface area contributed by atoms with E-state index < -0.39 is 17.7 Å². The molecule has 1 aromatic carbocycles. The fourth-order valence-electron chi connectivity index (χ4n) is 2.85. The lowest BCUT2D eigenvalue weighted by Gasteiger charge is -2.13. The highest BCUT2D eigenvalue weighted by atomic mass is 19.4. The molecular weight excluding hydrogens is 361 g/mol. The number of benzene rings is 1. The normalized spacial score (nSPS) is 11.6. The number of carbonyl (C=O) groups is 1. The van der Waals surface area contributed by atoms with Crippen LogP contribution in [0.5, 0.6) is 5.75 Å². The molecular formula is C19H17F3N2O3. The van der Waals surface area contributed by atoms with Gasteiger partial charge in [0.05, 0.1) is 18.2 Å². The van der Waals surface area contributed by atoms with Crippen LogP contribution in [0.1, 0.15) is 34.2 Å². The zero-order chi connectivity index (χ0) is 19.6. The average Bonchev–Trinajstić information content (AvgIpc) is 3.01. The summed E-state index contributed by atoms with van der Waals surface area (Å²) in [5.41, 5.74) is 1.31. The predicted molar refractivity (Wildman–Crippen MR) is 91.7 cm³/mol. The zero-order valence-corrected chi connectivity index (χ0v) is 14.7. The smallest absolute Gasteiger partial charge is 0.419 e. The van der Waals surface area contributed by atoms with Crippen molar-refractivity contribution >= 4 is 11.6 Å². The Kier molecular flexibility index (Phi) is 5.07. The van der Waals surface area contributed by atoms with Crippen LogP contribution in [0.2, 0.25) is 0 Å². The Balaban J connectivity index is 1.93. The number of aryl methyl sites for hydroxylation is 1. The number of pyridine rings is 1. The van der Waals surface area contributed by atoms with E-state index in [0.717, 1.165) is 11.8 Å². The fraction of sp³-hybridized carbons (Fsp3) is 0.263. The summed E-state index contributed by atoms with van der Waals surface area (Å²) in [7, 11) is 1.28. The van der Waals surface area contributed by atoms with Crippen molar-refractivity contribution in [2.45, 2.75) is 26.1 Å². The number of alkyl halides is 3. The average molecular weight is 378 g/mol. The molecule has 0 spiro atoms. The SMILES string of the molecule is CCc1c(COc2ccccc2C(F)(F)F)nc2cc(C(=O)OC)ccn12. The van der Waals surface area contributed by atoms with Gasteiger partial charge in [-0.15, -0.1) is 0 Å². The summed E-state index contributed by atoms with van der Waals surface area (Å²) >= 11 is 0. The molecule has 0 unspecified atom stereocenters. The minimum Gasteiger partial charge on any atom is -0.487 e. The van der Waals surface area contributed by atoms with Crippen molar-refractivity contribution in [1.82, 2.24) is 9.38 Å². The molecule has 27 heavy (non-hydrogen) atoms. The molecule has 5 nitrogen and oxygen atoms in total. The molecule has 0 bridgehead atoms. The number of para-hydroxylation sites is 1. The van der Waals surface area contributed by atoms with Gasteiger partial charge in [0.1, 0.15) is 23.7 Å². The van der Waals surface area contributed by atoms with E-state index in [1.165, 1.54) is 25.3 Å².